The average molecular weight is 387 g/mol. The summed E-state index contributed by atoms with van der Waals surface area (Å²) in [6, 6.07) is 4.13. The topological polar surface area (TPSA) is 107 Å². The van der Waals surface area contributed by atoms with Crippen molar-refractivity contribution in [1.29, 1.82) is 0 Å². The number of nitrogen functional groups attached to an aromatic ring is 1. The Labute approximate surface area is 163 Å². The van der Waals surface area contributed by atoms with E-state index in [9.17, 15) is 0 Å². The number of rotatable bonds is 9. The van der Waals surface area contributed by atoms with Crippen LogP contribution >= 0.6 is 0 Å². The van der Waals surface area contributed by atoms with E-state index in [1.54, 1.807) is 21.3 Å². The van der Waals surface area contributed by atoms with Gasteiger partial charge in [-0.25, -0.2) is 9.97 Å². The third kappa shape index (κ3) is 3.73. The lowest BCUT2D eigenvalue weighted by Crippen LogP contribution is -2.06. The van der Waals surface area contributed by atoms with Crippen molar-refractivity contribution >= 4 is 17.0 Å². The largest absolute Gasteiger partial charge is 0.493 e. The highest BCUT2D eigenvalue weighted by molar-refractivity contribution is 5.82. The van der Waals surface area contributed by atoms with E-state index in [1.807, 2.05) is 16.7 Å². The summed E-state index contributed by atoms with van der Waals surface area (Å²) in [5, 5.41) is 0. The summed E-state index contributed by atoms with van der Waals surface area (Å²) in [6.45, 7) is 3.12. The van der Waals surface area contributed by atoms with Crippen LogP contribution in [0.15, 0.2) is 18.5 Å². The van der Waals surface area contributed by atoms with Gasteiger partial charge in [-0.05, 0) is 24.1 Å². The Kier molecular flexibility index (Phi) is 6.03. The van der Waals surface area contributed by atoms with Crippen molar-refractivity contribution in [3.8, 4) is 23.3 Å². The Morgan fingerprint density at radius 1 is 1.04 bits per heavy atom. The van der Waals surface area contributed by atoms with Crippen LogP contribution in [0.4, 0.5) is 5.82 Å². The minimum Gasteiger partial charge on any atom is -0.493 e. The number of hydrogen-bond acceptors (Lipinski definition) is 8. The number of nitrogens with zero attached hydrogens (tertiary/aromatic N) is 4. The zero-order valence-corrected chi connectivity index (χ0v) is 16.6. The summed E-state index contributed by atoms with van der Waals surface area (Å²) in [6.07, 6.45) is 3.44. The number of unbranched alkanes of at least 4 members (excludes halogenated alkanes) is 1. The van der Waals surface area contributed by atoms with Gasteiger partial charge in [-0.3, -0.25) is 4.57 Å². The Morgan fingerprint density at radius 3 is 2.36 bits per heavy atom. The van der Waals surface area contributed by atoms with Crippen LogP contribution in [0.25, 0.3) is 11.2 Å². The molecule has 150 valence electrons. The fraction of sp³-hybridized carbons (Fsp3) is 0.421. The molecule has 0 unspecified atom stereocenters. The number of aromatic nitrogens is 4. The number of nitrogens with two attached hydrogens (primary N) is 1. The maximum atomic E-state index is 6.01. The number of benzene rings is 1. The van der Waals surface area contributed by atoms with Gasteiger partial charge in [0.2, 0.25) is 5.75 Å². The van der Waals surface area contributed by atoms with Gasteiger partial charge < -0.3 is 24.7 Å². The van der Waals surface area contributed by atoms with E-state index in [2.05, 4.69) is 21.9 Å². The van der Waals surface area contributed by atoms with Crippen molar-refractivity contribution < 1.29 is 18.9 Å². The van der Waals surface area contributed by atoms with Crippen LogP contribution in [-0.4, -0.2) is 40.8 Å². The van der Waals surface area contributed by atoms with Gasteiger partial charge in [-0.15, -0.1) is 0 Å². The molecule has 0 amide bonds. The Morgan fingerprint density at radius 2 is 1.75 bits per heavy atom. The first-order valence-corrected chi connectivity index (χ1v) is 9.01. The summed E-state index contributed by atoms with van der Waals surface area (Å²) in [4.78, 5) is 12.8. The van der Waals surface area contributed by atoms with Crippen LogP contribution in [0.2, 0.25) is 0 Å². The third-order valence-electron chi connectivity index (χ3n) is 4.35. The molecule has 3 rings (SSSR count). The fourth-order valence-corrected chi connectivity index (χ4v) is 2.93. The van der Waals surface area contributed by atoms with E-state index in [4.69, 9.17) is 24.7 Å². The maximum Gasteiger partial charge on any atom is 0.299 e. The molecule has 9 nitrogen and oxygen atoms in total. The summed E-state index contributed by atoms with van der Waals surface area (Å²) in [5.41, 5.74) is 8.01. The SMILES string of the molecule is CCCCn1c(OCc2cc(OC)c(OC)c(OC)c2)nc2c(N)ncnc21. The van der Waals surface area contributed by atoms with Crippen LogP contribution < -0.4 is 24.7 Å². The molecule has 0 bridgehead atoms. The van der Waals surface area contributed by atoms with Gasteiger partial charge in [0.15, 0.2) is 28.5 Å². The molecule has 28 heavy (non-hydrogen) atoms. The lowest BCUT2D eigenvalue weighted by molar-refractivity contribution is 0.264. The summed E-state index contributed by atoms with van der Waals surface area (Å²) < 4.78 is 24.1. The molecule has 0 radical (unpaired) electrons. The van der Waals surface area contributed by atoms with Crippen molar-refractivity contribution in [2.45, 2.75) is 32.9 Å². The highest BCUT2D eigenvalue weighted by Crippen LogP contribution is 2.38. The molecule has 0 atom stereocenters. The fourth-order valence-electron chi connectivity index (χ4n) is 2.93. The van der Waals surface area contributed by atoms with Crippen molar-refractivity contribution in [2.75, 3.05) is 27.1 Å². The molecule has 0 spiro atoms. The van der Waals surface area contributed by atoms with Crippen molar-refractivity contribution in [3.05, 3.63) is 24.0 Å². The molecule has 3 aromatic rings. The maximum absolute atomic E-state index is 6.01. The lowest BCUT2D eigenvalue weighted by atomic mass is 10.2. The van der Waals surface area contributed by atoms with E-state index in [0.717, 1.165) is 24.9 Å². The second-order valence-corrected chi connectivity index (χ2v) is 6.15. The summed E-state index contributed by atoms with van der Waals surface area (Å²) in [5.74, 6) is 2.00. The standard InChI is InChI=1S/C19H25N5O4/c1-5-6-7-24-18-15(17(20)21-11-22-18)23-19(24)28-10-12-8-13(25-2)16(27-4)14(9-12)26-3/h8-9,11H,5-7,10H2,1-4H3,(H2,20,21,22). The van der Waals surface area contributed by atoms with Gasteiger partial charge in [0, 0.05) is 6.54 Å². The van der Waals surface area contributed by atoms with E-state index >= 15 is 0 Å². The highest BCUT2D eigenvalue weighted by atomic mass is 16.5. The van der Waals surface area contributed by atoms with E-state index < -0.39 is 0 Å². The molecule has 2 aromatic heterocycles. The quantitative estimate of drug-likeness (QED) is 0.597. The first kappa shape index (κ1) is 19.5. The van der Waals surface area contributed by atoms with Crippen LogP contribution in [0.5, 0.6) is 23.3 Å². The predicted molar refractivity (Wildman–Crippen MR) is 105 cm³/mol. The zero-order chi connectivity index (χ0) is 20.1. The molecule has 0 fully saturated rings. The van der Waals surface area contributed by atoms with Crippen LogP contribution in [0, 0.1) is 0 Å². The van der Waals surface area contributed by atoms with Gasteiger partial charge in [0.05, 0.1) is 21.3 Å². The van der Waals surface area contributed by atoms with Gasteiger partial charge in [-0.2, -0.15) is 4.98 Å². The molecule has 2 N–H and O–H groups in total. The highest BCUT2D eigenvalue weighted by Gasteiger charge is 2.17. The Bertz CT molecular complexity index is 932. The molecule has 0 saturated heterocycles. The first-order valence-electron chi connectivity index (χ1n) is 9.01. The minimum absolute atomic E-state index is 0.263. The molecule has 2 heterocycles. The molecular formula is C19H25N5O4. The first-order chi connectivity index (χ1) is 13.6. The van der Waals surface area contributed by atoms with Gasteiger partial charge >= 0.3 is 0 Å². The van der Waals surface area contributed by atoms with Crippen molar-refractivity contribution in [3.63, 3.8) is 0 Å². The zero-order valence-electron chi connectivity index (χ0n) is 16.6. The molecule has 9 heteroatoms. The Balaban J connectivity index is 1.92. The van der Waals surface area contributed by atoms with Crippen molar-refractivity contribution in [2.24, 2.45) is 0 Å². The number of ether oxygens (including phenoxy) is 4. The molecule has 0 saturated carbocycles. The third-order valence-corrected chi connectivity index (χ3v) is 4.35. The monoisotopic (exact) mass is 387 g/mol. The predicted octanol–water partition coefficient (Wildman–Crippen LogP) is 2.81. The van der Waals surface area contributed by atoms with Gasteiger partial charge in [0.1, 0.15) is 12.9 Å². The summed E-state index contributed by atoms with van der Waals surface area (Å²) >= 11 is 0. The molecular weight excluding hydrogens is 362 g/mol. The van der Waals surface area contributed by atoms with E-state index in [0.29, 0.717) is 40.2 Å². The number of methoxy groups -OCH3 is 3. The van der Waals surface area contributed by atoms with E-state index in [-0.39, 0.29) is 6.61 Å². The number of aryl methyl sites for hydroxylation is 1. The Hall–Kier alpha value is -3.23. The normalized spacial score (nSPS) is 10.9. The lowest BCUT2D eigenvalue weighted by Gasteiger charge is -2.14. The minimum atomic E-state index is 0.263. The van der Waals surface area contributed by atoms with Crippen LogP contribution in [-0.2, 0) is 13.2 Å². The number of anilines is 1. The molecule has 1 aromatic carbocycles. The molecule has 0 aliphatic carbocycles. The summed E-state index contributed by atoms with van der Waals surface area (Å²) in [7, 11) is 4.72. The number of hydrogen-bond donors (Lipinski definition) is 1. The van der Waals surface area contributed by atoms with Crippen LogP contribution in [0.3, 0.4) is 0 Å². The van der Waals surface area contributed by atoms with Crippen molar-refractivity contribution in [1.82, 2.24) is 19.5 Å². The van der Waals surface area contributed by atoms with Crippen LogP contribution in [0.1, 0.15) is 25.3 Å². The van der Waals surface area contributed by atoms with Gasteiger partial charge in [-0.1, -0.05) is 13.3 Å². The van der Waals surface area contributed by atoms with Gasteiger partial charge in [0.25, 0.3) is 6.01 Å². The van der Waals surface area contributed by atoms with E-state index in [1.165, 1.54) is 6.33 Å². The second-order valence-electron chi connectivity index (χ2n) is 6.15. The molecule has 0 aliphatic heterocycles. The number of fused-ring (bicyclic) bond motifs is 1. The number of imidazole rings is 1. The average Bonchev–Trinajstić information content (AvgIpc) is 3.08. The second kappa shape index (κ2) is 8.64. The molecule has 0 aliphatic rings. The smallest absolute Gasteiger partial charge is 0.299 e.